The van der Waals surface area contributed by atoms with Gasteiger partial charge in [0.2, 0.25) is 0 Å². The Bertz CT molecular complexity index is 820. The van der Waals surface area contributed by atoms with Crippen LogP contribution in [0.5, 0.6) is 0 Å². The van der Waals surface area contributed by atoms with Gasteiger partial charge in [0, 0.05) is 23.1 Å². The number of para-hydroxylation sites is 1. The van der Waals surface area contributed by atoms with E-state index >= 15 is 0 Å². The number of pyridine rings is 1. The molecule has 24 heavy (non-hydrogen) atoms. The molecular formula is C20H20Cl2N2. The summed E-state index contributed by atoms with van der Waals surface area (Å²) < 4.78 is 0. The molecule has 1 N–H and O–H groups in total. The third kappa shape index (κ3) is 3.66. The highest BCUT2D eigenvalue weighted by molar-refractivity contribution is 6.34. The predicted octanol–water partition coefficient (Wildman–Crippen LogP) is 6.60. The van der Waals surface area contributed by atoms with Crippen molar-refractivity contribution in [2.75, 3.05) is 5.32 Å². The molecule has 2 nitrogen and oxygen atoms in total. The molecule has 0 unspecified atom stereocenters. The van der Waals surface area contributed by atoms with Crippen LogP contribution in [0.15, 0.2) is 48.8 Å². The molecule has 124 valence electrons. The van der Waals surface area contributed by atoms with Gasteiger partial charge in [-0.3, -0.25) is 0 Å². The van der Waals surface area contributed by atoms with E-state index in [9.17, 15) is 0 Å². The van der Waals surface area contributed by atoms with Gasteiger partial charge in [-0.05, 0) is 61.4 Å². The SMILES string of the molecule is C=C(/C=C(\C)Nc1ccccc1C1CC1)c1c(Cl)ncc(Cl)c1C. The Morgan fingerprint density at radius 3 is 2.71 bits per heavy atom. The van der Waals surface area contributed by atoms with E-state index in [1.807, 2.05) is 19.9 Å². The van der Waals surface area contributed by atoms with Gasteiger partial charge in [0.1, 0.15) is 5.15 Å². The van der Waals surface area contributed by atoms with Crippen LogP contribution in [0.4, 0.5) is 5.69 Å². The van der Waals surface area contributed by atoms with Crippen molar-refractivity contribution in [1.82, 2.24) is 4.98 Å². The maximum Gasteiger partial charge on any atom is 0.137 e. The zero-order valence-electron chi connectivity index (χ0n) is 13.9. The van der Waals surface area contributed by atoms with Crippen molar-refractivity contribution in [2.45, 2.75) is 32.6 Å². The molecule has 1 aromatic heterocycles. The minimum Gasteiger partial charge on any atom is -0.359 e. The maximum atomic E-state index is 6.23. The van der Waals surface area contributed by atoms with Crippen molar-refractivity contribution in [1.29, 1.82) is 0 Å². The zero-order valence-corrected chi connectivity index (χ0v) is 15.4. The van der Waals surface area contributed by atoms with Crippen LogP contribution in [0.25, 0.3) is 5.57 Å². The number of hydrogen-bond acceptors (Lipinski definition) is 2. The molecule has 1 fully saturated rings. The molecule has 0 spiro atoms. The van der Waals surface area contributed by atoms with Crippen molar-refractivity contribution in [3.8, 4) is 0 Å². The highest BCUT2D eigenvalue weighted by Gasteiger charge is 2.25. The van der Waals surface area contributed by atoms with Gasteiger partial charge in [0.25, 0.3) is 0 Å². The largest absolute Gasteiger partial charge is 0.359 e. The number of allylic oxidation sites excluding steroid dienone is 3. The van der Waals surface area contributed by atoms with Crippen LogP contribution in [0.3, 0.4) is 0 Å². The summed E-state index contributed by atoms with van der Waals surface area (Å²) in [7, 11) is 0. The second kappa shape index (κ2) is 7.00. The molecule has 0 amide bonds. The van der Waals surface area contributed by atoms with E-state index in [-0.39, 0.29) is 0 Å². The Morgan fingerprint density at radius 1 is 1.29 bits per heavy atom. The highest BCUT2D eigenvalue weighted by atomic mass is 35.5. The predicted molar refractivity (Wildman–Crippen MR) is 104 cm³/mol. The molecule has 1 heterocycles. The van der Waals surface area contributed by atoms with Gasteiger partial charge >= 0.3 is 0 Å². The van der Waals surface area contributed by atoms with Crippen molar-refractivity contribution < 1.29 is 0 Å². The summed E-state index contributed by atoms with van der Waals surface area (Å²) in [5.74, 6) is 0.693. The molecule has 1 saturated carbocycles. The lowest BCUT2D eigenvalue weighted by molar-refractivity contribution is 1.12. The Labute approximate surface area is 153 Å². The third-order valence-corrected chi connectivity index (χ3v) is 4.92. The van der Waals surface area contributed by atoms with E-state index in [2.05, 4.69) is 41.1 Å². The van der Waals surface area contributed by atoms with E-state index in [1.54, 1.807) is 6.20 Å². The minimum atomic E-state index is 0.421. The summed E-state index contributed by atoms with van der Waals surface area (Å²) in [5.41, 5.74) is 6.03. The molecule has 1 aromatic carbocycles. The first-order valence-corrected chi connectivity index (χ1v) is 8.77. The molecule has 4 heteroatoms. The smallest absolute Gasteiger partial charge is 0.137 e. The molecule has 0 saturated heterocycles. The standard InChI is InChI=1S/C20H20Cl2N2/c1-12(19-14(3)17(21)11-23-20(19)22)10-13(2)24-18-7-5-4-6-16(18)15-8-9-15/h4-7,10-11,15,24H,1,8-9H2,2-3H3/b13-10+. The maximum absolute atomic E-state index is 6.23. The van der Waals surface area contributed by atoms with Crippen LogP contribution in [0, 0.1) is 6.92 Å². The molecular weight excluding hydrogens is 339 g/mol. The van der Waals surface area contributed by atoms with Crippen LogP contribution in [-0.4, -0.2) is 4.98 Å². The first-order valence-electron chi connectivity index (χ1n) is 8.01. The minimum absolute atomic E-state index is 0.421. The van der Waals surface area contributed by atoms with Crippen molar-refractivity contribution in [3.63, 3.8) is 0 Å². The first kappa shape index (κ1) is 17.1. The lowest BCUT2D eigenvalue weighted by atomic mass is 10.0. The second-order valence-corrected chi connectivity index (χ2v) is 7.00. The van der Waals surface area contributed by atoms with Gasteiger partial charge < -0.3 is 5.32 Å². The monoisotopic (exact) mass is 358 g/mol. The van der Waals surface area contributed by atoms with E-state index in [0.717, 1.165) is 28.1 Å². The van der Waals surface area contributed by atoms with E-state index in [1.165, 1.54) is 18.4 Å². The average molecular weight is 359 g/mol. The van der Waals surface area contributed by atoms with Crippen molar-refractivity contribution in [3.05, 3.63) is 75.7 Å². The number of nitrogens with zero attached hydrogens (tertiary/aromatic N) is 1. The van der Waals surface area contributed by atoms with Crippen LogP contribution < -0.4 is 5.32 Å². The van der Waals surface area contributed by atoms with Crippen molar-refractivity contribution >= 4 is 34.5 Å². The summed E-state index contributed by atoms with van der Waals surface area (Å²) in [4.78, 5) is 4.12. The summed E-state index contributed by atoms with van der Waals surface area (Å²) in [5, 5.41) is 4.50. The Morgan fingerprint density at radius 2 is 2.00 bits per heavy atom. The van der Waals surface area contributed by atoms with Gasteiger partial charge in [0.05, 0.1) is 5.02 Å². The highest BCUT2D eigenvalue weighted by Crippen LogP contribution is 2.43. The van der Waals surface area contributed by atoms with Crippen LogP contribution >= 0.6 is 23.2 Å². The van der Waals surface area contributed by atoms with Gasteiger partial charge in [-0.25, -0.2) is 4.98 Å². The molecule has 0 radical (unpaired) electrons. The molecule has 2 aromatic rings. The third-order valence-electron chi connectivity index (χ3n) is 4.25. The quantitative estimate of drug-likeness (QED) is 0.480. The van der Waals surface area contributed by atoms with Gasteiger partial charge in [0.15, 0.2) is 0 Å². The molecule has 1 aliphatic carbocycles. The Hall–Kier alpha value is -1.77. The Balaban J connectivity index is 1.84. The molecule has 3 rings (SSSR count). The molecule has 0 bridgehead atoms. The normalized spacial score (nSPS) is 14.6. The fourth-order valence-corrected chi connectivity index (χ4v) is 3.32. The van der Waals surface area contributed by atoms with Crippen LogP contribution in [0.1, 0.15) is 42.4 Å². The number of rotatable bonds is 5. The number of nitrogens with one attached hydrogen (secondary N) is 1. The van der Waals surface area contributed by atoms with Crippen LogP contribution in [0.2, 0.25) is 10.2 Å². The van der Waals surface area contributed by atoms with Gasteiger partial charge in [-0.1, -0.05) is 48.0 Å². The fourth-order valence-electron chi connectivity index (χ4n) is 2.87. The lowest BCUT2D eigenvalue weighted by Crippen LogP contribution is -2.00. The summed E-state index contributed by atoms with van der Waals surface area (Å²) in [6.07, 6.45) is 6.10. The van der Waals surface area contributed by atoms with Crippen molar-refractivity contribution in [2.24, 2.45) is 0 Å². The fraction of sp³-hybridized carbons (Fsp3) is 0.250. The summed E-state index contributed by atoms with van der Waals surface area (Å²) in [6.45, 7) is 8.09. The lowest BCUT2D eigenvalue weighted by Gasteiger charge is -2.14. The summed E-state index contributed by atoms with van der Waals surface area (Å²) in [6, 6.07) is 8.47. The number of benzene rings is 1. The number of aromatic nitrogens is 1. The number of anilines is 1. The van der Waals surface area contributed by atoms with Gasteiger partial charge in [-0.2, -0.15) is 0 Å². The average Bonchev–Trinajstić information content (AvgIpc) is 3.36. The molecule has 1 aliphatic rings. The Kier molecular flexibility index (Phi) is 4.98. The second-order valence-electron chi connectivity index (χ2n) is 6.24. The summed E-state index contributed by atoms with van der Waals surface area (Å²) >= 11 is 12.4. The number of halogens is 2. The van der Waals surface area contributed by atoms with Gasteiger partial charge in [-0.15, -0.1) is 0 Å². The van der Waals surface area contributed by atoms with E-state index < -0.39 is 0 Å². The zero-order chi connectivity index (χ0) is 17.3. The van der Waals surface area contributed by atoms with Crippen LogP contribution in [-0.2, 0) is 0 Å². The van der Waals surface area contributed by atoms with E-state index in [4.69, 9.17) is 23.2 Å². The van der Waals surface area contributed by atoms with E-state index in [0.29, 0.717) is 16.1 Å². The molecule has 0 atom stereocenters. The topological polar surface area (TPSA) is 24.9 Å². The number of hydrogen-bond donors (Lipinski definition) is 1. The first-order chi connectivity index (χ1) is 11.5. The molecule has 0 aliphatic heterocycles.